The zero-order valence-electron chi connectivity index (χ0n) is 24.9. The van der Waals surface area contributed by atoms with Crippen LogP contribution in [0, 0.1) is 6.92 Å². The van der Waals surface area contributed by atoms with E-state index in [1.807, 2.05) is 56.3 Å². The molecule has 0 aromatic heterocycles. The number of unbranched alkanes of at least 4 members (excludes halogenated alkanes) is 2. The Morgan fingerprint density at radius 1 is 1.02 bits per heavy atom. The van der Waals surface area contributed by atoms with Crippen molar-refractivity contribution in [1.29, 1.82) is 0 Å². The molecule has 10 nitrogen and oxygen atoms in total. The van der Waals surface area contributed by atoms with Crippen molar-refractivity contribution in [3.05, 3.63) is 59.2 Å². The smallest absolute Gasteiger partial charge is 0.249 e. The van der Waals surface area contributed by atoms with Gasteiger partial charge in [0.25, 0.3) is 0 Å². The summed E-state index contributed by atoms with van der Waals surface area (Å²) < 4.78 is 17.3. The fourth-order valence-electron chi connectivity index (χ4n) is 4.66. The van der Waals surface area contributed by atoms with Gasteiger partial charge >= 0.3 is 0 Å². The summed E-state index contributed by atoms with van der Waals surface area (Å²) >= 11 is 0. The second kappa shape index (κ2) is 18.1. The van der Waals surface area contributed by atoms with E-state index in [4.69, 9.17) is 19.9 Å². The molecular weight excluding hydrogens is 536 g/mol. The van der Waals surface area contributed by atoms with Crippen LogP contribution in [0.25, 0.3) is 0 Å². The van der Waals surface area contributed by atoms with Crippen LogP contribution in [0.1, 0.15) is 68.2 Å². The number of amides is 3. The molecule has 0 bridgehead atoms. The van der Waals surface area contributed by atoms with Crippen molar-refractivity contribution in [3.63, 3.8) is 0 Å². The lowest BCUT2D eigenvalue weighted by Gasteiger charge is -2.30. The number of carbonyl (C=O) groups is 3. The number of carbonyl (C=O) groups excluding carboxylic acids is 3. The van der Waals surface area contributed by atoms with Crippen molar-refractivity contribution in [2.24, 2.45) is 5.73 Å². The van der Waals surface area contributed by atoms with Gasteiger partial charge in [0, 0.05) is 51.1 Å². The first-order valence-electron chi connectivity index (χ1n) is 14.9. The van der Waals surface area contributed by atoms with E-state index in [-0.39, 0.29) is 18.4 Å². The summed E-state index contributed by atoms with van der Waals surface area (Å²) in [7, 11) is 0. The molecular formula is C32H46N4O6. The number of aryl methyl sites for hydroxylation is 1. The Bertz CT molecular complexity index is 1140. The summed E-state index contributed by atoms with van der Waals surface area (Å²) in [5.74, 6) is 0.149. The zero-order chi connectivity index (χ0) is 30.2. The first-order valence-corrected chi connectivity index (χ1v) is 14.9. The van der Waals surface area contributed by atoms with Gasteiger partial charge in [0.1, 0.15) is 11.8 Å². The van der Waals surface area contributed by atoms with Gasteiger partial charge in [-0.05, 0) is 86.9 Å². The summed E-state index contributed by atoms with van der Waals surface area (Å²) in [5, 5.41) is 5.66. The molecule has 2 atom stereocenters. The first kappa shape index (κ1) is 33.0. The van der Waals surface area contributed by atoms with E-state index in [2.05, 4.69) is 10.6 Å². The number of nitrogens with two attached hydrogens (primary N) is 1. The molecule has 1 fully saturated rings. The van der Waals surface area contributed by atoms with Gasteiger partial charge in [0.2, 0.25) is 18.2 Å². The van der Waals surface area contributed by atoms with Gasteiger partial charge in [0.15, 0.2) is 0 Å². The fraction of sp³-hybridized carbons (Fsp3) is 0.531. The number of anilines is 1. The van der Waals surface area contributed by atoms with E-state index < -0.39 is 11.9 Å². The van der Waals surface area contributed by atoms with E-state index in [1.54, 1.807) is 0 Å². The molecule has 4 N–H and O–H groups in total. The second-order valence-electron chi connectivity index (χ2n) is 10.7. The highest BCUT2D eigenvalue weighted by atomic mass is 16.5. The minimum atomic E-state index is -0.636. The lowest BCUT2D eigenvalue weighted by molar-refractivity contribution is -0.141. The van der Waals surface area contributed by atoms with Crippen molar-refractivity contribution >= 4 is 23.9 Å². The van der Waals surface area contributed by atoms with Gasteiger partial charge in [0.05, 0.1) is 13.2 Å². The van der Waals surface area contributed by atoms with Crippen LogP contribution in [-0.4, -0.2) is 68.7 Å². The molecule has 1 aliphatic heterocycles. The number of imide groups is 1. The maximum atomic E-state index is 12.2. The van der Waals surface area contributed by atoms with Crippen molar-refractivity contribution < 1.29 is 28.6 Å². The molecule has 0 aliphatic carbocycles. The molecule has 10 heteroatoms. The van der Waals surface area contributed by atoms with Crippen LogP contribution in [0.2, 0.25) is 0 Å². The van der Waals surface area contributed by atoms with E-state index >= 15 is 0 Å². The summed E-state index contributed by atoms with van der Waals surface area (Å²) in [6, 6.07) is 13.3. The Morgan fingerprint density at radius 3 is 2.55 bits per heavy atom. The number of ether oxygens (including phenoxy) is 3. The van der Waals surface area contributed by atoms with Crippen LogP contribution in [-0.2, 0) is 30.4 Å². The molecule has 1 heterocycles. The average molecular weight is 583 g/mol. The summed E-state index contributed by atoms with van der Waals surface area (Å²) in [4.78, 5) is 36.8. The molecule has 1 unspecified atom stereocenters. The van der Waals surface area contributed by atoms with Crippen molar-refractivity contribution in [3.8, 4) is 5.75 Å². The van der Waals surface area contributed by atoms with Crippen LogP contribution < -0.4 is 21.1 Å². The van der Waals surface area contributed by atoms with Crippen molar-refractivity contribution in [2.45, 2.75) is 71.0 Å². The Morgan fingerprint density at radius 2 is 1.79 bits per heavy atom. The molecule has 2 aromatic rings. The number of hydrogen-bond acceptors (Lipinski definition) is 8. The number of piperidine rings is 1. The number of benzene rings is 2. The van der Waals surface area contributed by atoms with E-state index in [0.29, 0.717) is 52.3 Å². The lowest BCUT2D eigenvalue weighted by atomic mass is 10.0. The number of hydrogen-bond donors (Lipinski definition) is 3. The van der Waals surface area contributed by atoms with Gasteiger partial charge < -0.3 is 30.2 Å². The maximum absolute atomic E-state index is 12.2. The van der Waals surface area contributed by atoms with Crippen molar-refractivity contribution in [2.75, 3.05) is 44.9 Å². The SMILES string of the molecule is Cc1ccc(NCCOCCCOCCCCCOc2cccc([C@@H](C)N)c2)cc1CN(C=O)C1CCC(=O)NC1=O. The third-order valence-electron chi connectivity index (χ3n) is 7.19. The molecule has 1 aliphatic rings. The third kappa shape index (κ3) is 11.4. The predicted octanol–water partition coefficient (Wildman–Crippen LogP) is 3.86. The lowest BCUT2D eigenvalue weighted by Crippen LogP contribution is -2.51. The van der Waals surface area contributed by atoms with Gasteiger partial charge in [-0.3, -0.25) is 19.7 Å². The highest BCUT2D eigenvalue weighted by molar-refractivity contribution is 6.00. The van der Waals surface area contributed by atoms with Crippen molar-refractivity contribution in [1.82, 2.24) is 10.2 Å². The van der Waals surface area contributed by atoms with Gasteiger partial charge in [-0.2, -0.15) is 0 Å². The minimum Gasteiger partial charge on any atom is -0.494 e. The highest BCUT2D eigenvalue weighted by Crippen LogP contribution is 2.20. The van der Waals surface area contributed by atoms with E-state index in [0.717, 1.165) is 60.4 Å². The Hall–Kier alpha value is -3.47. The van der Waals surface area contributed by atoms with E-state index in [1.165, 1.54) is 4.90 Å². The minimum absolute atomic E-state index is 0.00383. The highest BCUT2D eigenvalue weighted by Gasteiger charge is 2.31. The molecule has 3 amide bonds. The first-order chi connectivity index (χ1) is 20.4. The monoisotopic (exact) mass is 582 g/mol. The molecule has 1 saturated heterocycles. The topological polar surface area (TPSA) is 132 Å². The van der Waals surface area contributed by atoms with Crippen LogP contribution in [0.15, 0.2) is 42.5 Å². The molecule has 3 rings (SSSR count). The normalized spacial score (nSPS) is 15.6. The van der Waals surface area contributed by atoms with Gasteiger partial charge in [-0.15, -0.1) is 0 Å². The summed E-state index contributed by atoms with van der Waals surface area (Å²) in [6.45, 7) is 8.17. The average Bonchev–Trinajstić information content (AvgIpc) is 2.98. The Kier molecular flexibility index (Phi) is 14.3. The van der Waals surface area contributed by atoms with Crippen LogP contribution >= 0.6 is 0 Å². The number of nitrogens with one attached hydrogen (secondary N) is 2. The Balaban J connectivity index is 1.20. The third-order valence-corrected chi connectivity index (χ3v) is 7.19. The van der Waals surface area contributed by atoms with Gasteiger partial charge in [-0.1, -0.05) is 18.2 Å². The molecule has 0 radical (unpaired) electrons. The maximum Gasteiger partial charge on any atom is 0.249 e. The number of nitrogens with zero attached hydrogens (tertiary/aromatic N) is 1. The summed E-state index contributed by atoms with van der Waals surface area (Å²) in [6.07, 6.45) is 5.14. The zero-order valence-corrected chi connectivity index (χ0v) is 24.9. The molecule has 230 valence electrons. The van der Waals surface area contributed by atoms with Crippen LogP contribution in [0.5, 0.6) is 5.75 Å². The Labute approximate surface area is 249 Å². The quantitative estimate of drug-likeness (QED) is 0.122. The molecule has 2 aromatic carbocycles. The van der Waals surface area contributed by atoms with E-state index in [9.17, 15) is 14.4 Å². The second-order valence-corrected chi connectivity index (χ2v) is 10.7. The van der Waals surface area contributed by atoms with Gasteiger partial charge in [-0.25, -0.2) is 0 Å². The van der Waals surface area contributed by atoms with Crippen LogP contribution in [0.3, 0.4) is 0 Å². The number of rotatable bonds is 20. The predicted molar refractivity (Wildman–Crippen MR) is 162 cm³/mol. The fourth-order valence-corrected chi connectivity index (χ4v) is 4.66. The molecule has 0 spiro atoms. The molecule has 0 saturated carbocycles. The molecule has 42 heavy (non-hydrogen) atoms. The largest absolute Gasteiger partial charge is 0.494 e. The summed E-state index contributed by atoms with van der Waals surface area (Å²) in [5.41, 5.74) is 9.88. The standard InChI is InChI=1S/C32H46N4O6/c1-24-10-11-28(20-27(24)22-36(23-37)30-12-13-31(38)35-32(30)39)34-14-19-41-17-7-16-40-15-4-3-5-18-42-29-9-6-8-26(21-29)25(2)33/h6,8-11,20-21,23,25,30,34H,3-5,7,12-19,22,33H2,1-2H3,(H,35,38,39)/t25-,30?/m1/s1. The van der Waals surface area contributed by atoms with Crippen LogP contribution in [0.4, 0.5) is 5.69 Å².